The van der Waals surface area contributed by atoms with Gasteiger partial charge in [-0.3, -0.25) is 9.69 Å². The highest BCUT2D eigenvalue weighted by molar-refractivity contribution is 5.85. The van der Waals surface area contributed by atoms with E-state index in [1.54, 1.807) is 0 Å². The Morgan fingerprint density at radius 1 is 1.27 bits per heavy atom. The smallest absolute Gasteiger partial charge is 0.237 e. The zero-order chi connectivity index (χ0) is 16.8. The maximum absolute atomic E-state index is 12.8. The summed E-state index contributed by atoms with van der Waals surface area (Å²) >= 11 is 0. The fraction of sp³-hybridized carbons (Fsp3) is 0.667. The molecule has 0 bridgehead atoms. The van der Waals surface area contributed by atoms with Gasteiger partial charge in [-0.1, -0.05) is 13.0 Å². The molecule has 0 spiro atoms. The van der Waals surface area contributed by atoms with Crippen LogP contribution in [-0.2, 0) is 4.79 Å². The van der Waals surface area contributed by atoms with Crippen LogP contribution in [0.1, 0.15) is 19.8 Å². The lowest BCUT2D eigenvalue weighted by Crippen LogP contribution is -2.52. The van der Waals surface area contributed by atoms with Crippen molar-refractivity contribution in [3.63, 3.8) is 0 Å². The molecular weight excluding hydrogens is 373 g/mol. The Hall–Kier alpha value is -1.08. The third kappa shape index (κ3) is 5.98. The Bertz CT molecular complexity index is 520. The van der Waals surface area contributed by atoms with E-state index in [2.05, 4.69) is 38.0 Å². The zero-order valence-corrected chi connectivity index (χ0v) is 17.1. The van der Waals surface area contributed by atoms with Crippen LogP contribution in [-0.4, -0.2) is 79.1 Å². The standard InChI is InChI=1S/C18H29N5O.2ClH/c1-2-9-23(16-6-8-19-14-16)18(24)15-21-10-12-22(13-11-21)17-5-3-4-7-20-17;;/h3-5,7,16,19H,2,6,8-15H2,1H3;2*1H. The summed E-state index contributed by atoms with van der Waals surface area (Å²) in [5.74, 6) is 1.32. The van der Waals surface area contributed by atoms with Crippen molar-refractivity contribution in [1.29, 1.82) is 0 Å². The molecule has 0 aliphatic carbocycles. The van der Waals surface area contributed by atoms with Crippen molar-refractivity contribution in [3.05, 3.63) is 24.4 Å². The Kier molecular flexibility index (Phi) is 10.2. The van der Waals surface area contributed by atoms with Gasteiger partial charge >= 0.3 is 0 Å². The first-order valence-electron chi connectivity index (χ1n) is 9.16. The predicted octanol–water partition coefficient (Wildman–Crippen LogP) is 1.65. The highest BCUT2D eigenvalue weighted by Gasteiger charge is 2.28. The highest BCUT2D eigenvalue weighted by atomic mass is 35.5. The van der Waals surface area contributed by atoms with Gasteiger partial charge in [0, 0.05) is 51.5 Å². The summed E-state index contributed by atoms with van der Waals surface area (Å²) in [6.07, 6.45) is 3.94. The minimum Gasteiger partial charge on any atom is -0.354 e. The van der Waals surface area contributed by atoms with E-state index in [1.165, 1.54) is 0 Å². The van der Waals surface area contributed by atoms with Gasteiger partial charge in [0.25, 0.3) is 0 Å². The summed E-state index contributed by atoms with van der Waals surface area (Å²) in [6.45, 7) is 9.25. The number of halogens is 2. The highest BCUT2D eigenvalue weighted by Crippen LogP contribution is 2.14. The summed E-state index contributed by atoms with van der Waals surface area (Å²) in [4.78, 5) is 23.9. The van der Waals surface area contributed by atoms with E-state index >= 15 is 0 Å². The van der Waals surface area contributed by atoms with Crippen molar-refractivity contribution in [2.24, 2.45) is 0 Å². The minimum absolute atomic E-state index is 0. The zero-order valence-electron chi connectivity index (χ0n) is 15.5. The second-order valence-corrected chi connectivity index (χ2v) is 6.68. The summed E-state index contributed by atoms with van der Waals surface area (Å²) in [7, 11) is 0. The molecule has 3 heterocycles. The van der Waals surface area contributed by atoms with Crippen LogP contribution >= 0.6 is 24.8 Å². The van der Waals surface area contributed by atoms with Crippen LogP contribution in [0, 0.1) is 0 Å². The lowest BCUT2D eigenvalue weighted by Gasteiger charge is -2.37. The summed E-state index contributed by atoms with van der Waals surface area (Å²) in [5, 5.41) is 3.37. The van der Waals surface area contributed by atoms with E-state index in [1.807, 2.05) is 18.3 Å². The molecule has 2 saturated heterocycles. The molecule has 1 unspecified atom stereocenters. The van der Waals surface area contributed by atoms with Crippen LogP contribution in [0.3, 0.4) is 0 Å². The number of amides is 1. The lowest BCUT2D eigenvalue weighted by molar-refractivity contribution is -0.134. The van der Waals surface area contributed by atoms with E-state index in [9.17, 15) is 4.79 Å². The van der Waals surface area contributed by atoms with Crippen LogP contribution in [0.5, 0.6) is 0 Å². The third-order valence-corrected chi connectivity index (χ3v) is 4.96. The fourth-order valence-electron chi connectivity index (χ4n) is 3.62. The van der Waals surface area contributed by atoms with Gasteiger partial charge in [0.15, 0.2) is 0 Å². The first kappa shape index (κ1) is 23.0. The van der Waals surface area contributed by atoms with Crippen molar-refractivity contribution >= 4 is 36.5 Å². The number of hydrogen-bond donors (Lipinski definition) is 1. The first-order chi connectivity index (χ1) is 11.8. The molecular formula is C18H31Cl2N5O. The molecule has 1 aromatic heterocycles. The molecule has 2 fully saturated rings. The Morgan fingerprint density at radius 3 is 2.62 bits per heavy atom. The molecule has 3 rings (SSSR count). The summed E-state index contributed by atoms with van der Waals surface area (Å²) < 4.78 is 0. The second kappa shape index (κ2) is 11.6. The largest absolute Gasteiger partial charge is 0.354 e. The normalized spacial score (nSPS) is 20.2. The second-order valence-electron chi connectivity index (χ2n) is 6.68. The predicted molar refractivity (Wildman–Crippen MR) is 111 cm³/mol. The molecule has 1 atom stereocenters. The topological polar surface area (TPSA) is 51.7 Å². The molecule has 0 radical (unpaired) electrons. The van der Waals surface area contributed by atoms with Gasteiger partial charge in [-0.25, -0.2) is 4.98 Å². The maximum atomic E-state index is 12.8. The van der Waals surface area contributed by atoms with E-state index in [0.29, 0.717) is 12.6 Å². The van der Waals surface area contributed by atoms with E-state index in [0.717, 1.165) is 64.5 Å². The van der Waals surface area contributed by atoms with Gasteiger partial charge in [0.1, 0.15) is 5.82 Å². The number of piperazine rings is 1. The molecule has 2 aliphatic rings. The summed E-state index contributed by atoms with van der Waals surface area (Å²) in [5.41, 5.74) is 0. The summed E-state index contributed by atoms with van der Waals surface area (Å²) in [6, 6.07) is 6.40. The van der Waals surface area contributed by atoms with E-state index < -0.39 is 0 Å². The monoisotopic (exact) mass is 403 g/mol. The molecule has 1 aromatic rings. The third-order valence-electron chi connectivity index (χ3n) is 4.96. The van der Waals surface area contributed by atoms with Gasteiger partial charge in [0.2, 0.25) is 5.91 Å². The molecule has 2 aliphatic heterocycles. The molecule has 148 valence electrons. The molecule has 6 nitrogen and oxygen atoms in total. The molecule has 8 heteroatoms. The van der Waals surface area contributed by atoms with Gasteiger partial charge < -0.3 is 15.1 Å². The van der Waals surface area contributed by atoms with E-state index in [4.69, 9.17) is 0 Å². The average Bonchev–Trinajstić information content (AvgIpc) is 3.15. The first-order valence-corrected chi connectivity index (χ1v) is 9.16. The number of rotatable bonds is 6. The number of pyridine rings is 1. The number of nitrogens with one attached hydrogen (secondary N) is 1. The number of anilines is 1. The van der Waals surface area contributed by atoms with Crippen molar-refractivity contribution in [1.82, 2.24) is 20.1 Å². The van der Waals surface area contributed by atoms with Gasteiger partial charge in [0.05, 0.1) is 6.54 Å². The Balaban J connectivity index is 0.00000169. The molecule has 26 heavy (non-hydrogen) atoms. The van der Waals surface area contributed by atoms with Gasteiger partial charge in [-0.2, -0.15) is 0 Å². The molecule has 0 saturated carbocycles. The van der Waals surface area contributed by atoms with Gasteiger partial charge in [-0.15, -0.1) is 24.8 Å². The van der Waals surface area contributed by atoms with Crippen molar-refractivity contribution in [2.75, 3.05) is 57.3 Å². The molecule has 1 amide bonds. The lowest BCUT2D eigenvalue weighted by atomic mass is 10.2. The van der Waals surface area contributed by atoms with Crippen LogP contribution in [0.4, 0.5) is 5.82 Å². The van der Waals surface area contributed by atoms with Crippen molar-refractivity contribution in [3.8, 4) is 0 Å². The number of carbonyl (C=O) groups is 1. The van der Waals surface area contributed by atoms with Crippen LogP contribution < -0.4 is 10.2 Å². The van der Waals surface area contributed by atoms with E-state index in [-0.39, 0.29) is 30.7 Å². The Labute approximate surface area is 169 Å². The van der Waals surface area contributed by atoms with Gasteiger partial charge in [-0.05, 0) is 31.5 Å². The maximum Gasteiger partial charge on any atom is 0.237 e. The van der Waals surface area contributed by atoms with Crippen LogP contribution in [0.2, 0.25) is 0 Å². The van der Waals surface area contributed by atoms with Crippen molar-refractivity contribution < 1.29 is 4.79 Å². The number of aromatic nitrogens is 1. The number of nitrogens with zero attached hydrogens (tertiary/aromatic N) is 4. The number of hydrogen-bond acceptors (Lipinski definition) is 5. The molecule has 1 N–H and O–H groups in total. The molecule has 0 aromatic carbocycles. The SMILES string of the molecule is CCCN(C(=O)CN1CCN(c2ccccn2)CC1)C1CCNC1.Cl.Cl. The fourth-order valence-corrected chi connectivity index (χ4v) is 3.62. The van der Waals surface area contributed by atoms with Crippen LogP contribution in [0.15, 0.2) is 24.4 Å². The quantitative estimate of drug-likeness (QED) is 0.782. The number of carbonyl (C=O) groups excluding carboxylic acids is 1. The minimum atomic E-state index is 0. The van der Waals surface area contributed by atoms with Crippen LogP contribution in [0.25, 0.3) is 0 Å². The van der Waals surface area contributed by atoms with Crippen molar-refractivity contribution in [2.45, 2.75) is 25.8 Å². The Morgan fingerprint density at radius 2 is 2.04 bits per heavy atom. The average molecular weight is 404 g/mol.